The van der Waals surface area contributed by atoms with Crippen molar-refractivity contribution in [3.63, 3.8) is 0 Å². The number of nitrogens with zero attached hydrogens (tertiary/aromatic N) is 3. The molecular weight excluding hydrogens is 424 g/mol. The van der Waals surface area contributed by atoms with Gasteiger partial charge in [0, 0.05) is 57.8 Å². The zero-order chi connectivity index (χ0) is 23.5. The van der Waals surface area contributed by atoms with Crippen molar-refractivity contribution in [3.05, 3.63) is 12.2 Å². The van der Waals surface area contributed by atoms with Gasteiger partial charge in [-0.1, -0.05) is 0 Å². The number of rotatable bonds is 5. The summed E-state index contributed by atoms with van der Waals surface area (Å²) in [5.41, 5.74) is 0. The van der Waals surface area contributed by atoms with E-state index >= 15 is 0 Å². The number of carbonyl (C=O) groups is 5. The molecule has 0 aromatic rings. The summed E-state index contributed by atoms with van der Waals surface area (Å²) in [6.07, 6.45) is 2.90. The highest BCUT2D eigenvalue weighted by Crippen LogP contribution is 2.12. The molecule has 3 fully saturated rings. The Morgan fingerprint density at radius 3 is 2.09 bits per heavy atom. The second kappa shape index (κ2) is 12.8. The summed E-state index contributed by atoms with van der Waals surface area (Å²) in [6.45, 7) is 5.82. The molecule has 3 rings (SSSR count). The van der Waals surface area contributed by atoms with E-state index in [0.717, 1.165) is 19.5 Å². The van der Waals surface area contributed by atoms with Crippen LogP contribution in [0.3, 0.4) is 0 Å². The van der Waals surface area contributed by atoms with Crippen molar-refractivity contribution in [1.29, 1.82) is 0 Å². The molecule has 3 aliphatic rings. The number of hydrogen-bond acceptors (Lipinski definition) is 7. The number of nitrogens with one attached hydrogen (secondary N) is 1. The molecule has 0 aromatic heterocycles. The van der Waals surface area contributed by atoms with E-state index in [1.807, 2.05) is 4.90 Å². The minimum Gasteiger partial charge on any atom is -0.478 e. The number of amides is 3. The van der Waals surface area contributed by atoms with Crippen LogP contribution in [0, 0.1) is 0 Å². The van der Waals surface area contributed by atoms with Crippen molar-refractivity contribution in [2.24, 2.45) is 0 Å². The first-order valence-electron chi connectivity index (χ1n) is 10.6. The fraction of sp³-hybridized carbons (Fsp3) is 0.650. The molecule has 3 heterocycles. The molecule has 12 nitrogen and oxygen atoms in total. The Hall–Kier alpha value is -2.99. The smallest absolute Gasteiger partial charge is 0.328 e. The minimum absolute atomic E-state index is 0.0108. The number of carbonyl (C=O) groups excluding carboxylic acids is 3. The zero-order valence-electron chi connectivity index (χ0n) is 17.9. The molecule has 3 amide bonds. The number of carboxylic acids is 2. The second-order valence-corrected chi connectivity index (χ2v) is 7.62. The van der Waals surface area contributed by atoms with E-state index in [1.54, 1.807) is 4.90 Å². The molecule has 3 saturated heterocycles. The second-order valence-electron chi connectivity index (χ2n) is 7.62. The van der Waals surface area contributed by atoms with Crippen molar-refractivity contribution in [2.75, 3.05) is 59.0 Å². The maximum atomic E-state index is 12.5. The van der Waals surface area contributed by atoms with E-state index in [0.29, 0.717) is 70.9 Å². The molecule has 178 valence electrons. The standard InChI is InChI=1S/C16H26N4O4.C4H4O4/c21-14-3-2-13(17-14)16(23)20-5-1-4-19(6-7-20)15(22)12-18-8-10-24-11-9-18;5-3(6)1-2-4(7)8/h13H,1-12H2,(H,17,21);1-2H,(H,5,6)(H,7,8). The Bertz CT molecular complexity index is 719. The van der Waals surface area contributed by atoms with Crippen LogP contribution in [0.25, 0.3) is 0 Å². The van der Waals surface area contributed by atoms with Gasteiger partial charge < -0.3 is 30.1 Å². The van der Waals surface area contributed by atoms with Crippen LogP contribution in [-0.2, 0) is 28.7 Å². The summed E-state index contributed by atoms with van der Waals surface area (Å²) in [7, 11) is 0. The summed E-state index contributed by atoms with van der Waals surface area (Å²) in [5, 5.41) is 18.4. The molecule has 1 atom stereocenters. The highest BCUT2D eigenvalue weighted by molar-refractivity contribution is 5.91. The summed E-state index contributed by atoms with van der Waals surface area (Å²) < 4.78 is 5.30. The van der Waals surface area contributed by atoms with E-state index in [4.69, 9.17) is 14.9 Å². The fourth-order valence-electron chi connectivity index (χ4n) is 3.60. The average molecular weight is 454 g/mol. The molecule has 0 aliphatic carbocycles. The van der Waals surface area contributed by atoms with Gasteiger partial charge in [-0.05, 0) is 12.8 Å². The first-order valence-corrected chi connectivity index (χ1v) is 10.6. The van der Waals surface area contributed by atoms with Gasteiger partial charge in [-0.15, -0.1) is 0 Å². The molecule has 3 aliphatic heterocycles. The summed E-state index contributed by atoms with van der Waals surface area (Å²) in [6, 6.07) is -0.381. The third-order valence-electron chi connectivity index (χ3n) is 5.28. The van der Waals surface area contributed by atoms with Gasteiger partial charge in [0.05, 0.1) is 19.8 Å². The fourth-order valence-corrected chi connectivity index (χ4v) is 3.60. The predicted molar refractivity (Wildman–Crippen MR) is 111 cm³/mol. The molecular formula is C20H30N4O8. The quantitative estimate of drug-likeness (QED) is 0.415. The molecule has 1 unspecified atom stereocenters. The molecule has 32 heavy (non-hydrogen) atoms. The Kier molecular flexibility index (Phi) is 10.1. The largest absolute Gasteiger partial charge is 0.478 e. The Balaban J connectivity index is 0.000000390. The highest BCUT2D eigenvalue weighted by Gasteiger charge is 2.32. The van der Waals surface area contributed by atoms with Crippen molar-refractivity contribution >= 4 is 29.7 Å². The lowest BCUT2D eigenvalue weighted by Crippen LogP contribution is -2.47. The molecule has 0 spiro atoms. The van der Waals surface area contributed by atoms with Gasteiger partial charge in [0.15, 0.2) is 0 Å². The maximum absolute atomic E-state index is 12.5. The molecule has 12 heteroatoms. The number of ether oxygens (including phenoxy) is 1. The van der Waals surface area contributed by atoms with E-state index in [9.17, 15) is 24.0 Å². The summed E-state index contributed by atoms with van der Waals surface area (Å²) >= 11 is 0. The van der Waals surface area contributed by atoms with Crippen LogP contribution < -0.4 is 5.32 Å². The predicted octanol–water partition coefficient (Wildman–Crippen LogP) is -1.63. The van der Waals surface area contributed by atoms with Gasteiger partial charge in [-0.2, -0.15) is 0 Å². The van der Waals surface area contributed by atoms with E-state index in [1.165, 1.54) is 0 Å². The van der Waals surface area contributed by atoms with Gasteiger partial charge in [-0.25, -0.2) is 9.59 Å². The van der Waals surface area contributed by atoms with E-state index < -0.39 is 11.9 Å². The Labute approximate surface area is 185 Å². The van der Waals surface area contributed by atoms with Crippen LogP contribution in [0.15, 0.2) is 12.2 Å². The third-order valence-corrected chi connectivity index (χ3v) is 5.28. The van der Waals surface area contributed by atoms with Crippen LogP contribution in [0.1, 0.15) is 19.3 Å². The van der Waals surface area contributed by atoms with E-state index in [2.05, 4.69) is 10.2 Å². The third kappa shape index (κ3) is 8.63. The van der Waals surface area contributed by atoms with Crippen LogP contribution in [0.4, 0.5) is 0 Å². The topological polar surface area (TPSA) is 157 Å². The van der Waals surface area contributed by atoms with Gasteiger partial charge >= 0.3 is 11.9 Å². The average Bonchev–Trinajstić information content (AvgIpc) is 3.04. The van der Waals surface area contributed by atoms with Crippen molar-refractivity contribution in [1.82, 2.24) is 20.0 Å². The normalized spacial score (nSPS) is 22.0. The van der Waals surface area contributed by atoms with Crippen molar-refractivity contribution in [2.45, 2.75) is 25.3 Å². The molecule has 0 aromatic carbocycles. The highest BCUT2D eigenvalue weighted by atomic mass is 16.5. The van der Waals surface area contributed by atoms with Gasteiger partial charge in [0.1, 0.15) is 6.04 Å². The number of hydrogen-bond donors (Lipinski definition) is 3. The zero-order valence-corrected chi connectivity index (χ0v) is 17.9. The minimum atomic E-state index is -1.26. The SMILES string of the molecule is O=C(O)C=CC(=O)O.O=C1CCC(C(=O)N2CCCN(C(=O)CN3CCOCC3)CC2)N1. The first-order chi connectivity index (χ1) is 15.3. The number of morpholine rings is 1. The van der Waals surface area contributed by atoms with Crippen molar-refractivity contribution in [3.8, 4) is 0 Å². The Morgan fingerprint density at radius 1 is 0.938 bits per heavy atom. The molecule has 0 saturated carbocycles. The first kappa shape index (κ1) is 25.3. The number of carboxylic acid groups (broad SMARTS) is 2. The van der Waals surface area contributed by atoms with Gasteiger partial charge in [-0.3, -0.25) is 19.3 Å². The number of aliphatic carboxylic acids is 2. The summed E-state index contributed by atoms with van der Waals surface area (Å²) in [4.78, 5) is 61.1. The van der Waals surface area contributed by atoms with Crippen molar-refractivity contribution < 1.29 is 38.9 Å². The van der Waals surface area contributed by atoms with Gasteiger partial charge in [0.2, 0.25) is 17.7 Å². The monoisotopic (exact) mass is 454 g/mol. The van der Waals surface area contributed by atoms with Crippen LogP contribution in [0.5, 0.6) is 0 Å². The Morgan fingerprint density at radius 2 is 1.53 bits per heavy atom. The van der Waals surface area contributed by atoms with E-state index in [-0.39, 0.29) is 23.8 Å². The summed E-state index contributed by atoms with van der Waals surface area (Å²) in [5.74, 6) is -2.45. The molecule has 0 radical (unpaired) electrons. The van der Waals surface area contributed by atoms with Gasteiger partial charge in [0.25, 0.3) is 0 Å². The lowest BCUT2D eigenvalue weighted by Gasteiger charge is -2.29. The molecule has 0 bridgehead atoms. The van der Waals surface area contributed by atoms with Crippen LogP contribution in [-0.4, -0.2) is 120 Å². The lowest BCUT2D eigenvalue weighted by atomic mass is 10.2. The molecule has 3 N–H and O–H groups in total. The lowest BCUT2D eigenvalue weighted by molar-refractivity contribution is -0.136. The van der Waals surface area contributed by atoms with Crippen LogP contribution in [0.2, 0.25) is 0 Å². The maximum Gasteiger partial charge on any atom is 0.328 e. The van der Waals surface area contributed by atoms with Crippen LogP contribution >= 0.6 is 0 Å².